The highest BCUT2D eigenvalue weighted by molar-refractivity contribution is 6.30. The van der Waals surface area contributed by atoms with Crippen molar-refractivity contribution in [3.63, 3.8) is 0 Å². The van der Waals surface area contributed by atoms with Crippen molar-refractivity contribution in [3.05, 3.63) is 52.4 Å². The number of hydrogen-bond donors (Lipinski definition) is 1. The number of rotatable bonds is 6. The number of aryl methyl sites for hydroxylation is 1. The van der Waals surface area contributed by atoms with Crippen LogP contribution in [-0.2, 0) is 13.2 Å². The van der Waals surface area contributed by atoms with Crippen molar-refractivity contribution in [1.29, 1.82) is 0 Å². The van der Waals surface area contributed by atoms with Crippen molar-refractivity contribution in [3.8, 4) is 5.75 Å². The Hall–Kier alpha value is -1.45. The van der Waals surface area contributed by atoms with Crippen LogP contribution in [0.5, 0.6) is 5.75 Å². The van der Waals surface area contributed by atoms with Gasteiger partial charge in [-0.3, -0.25) is 0 Å². The highest BCUT2D eigenvalue weighted by atomic mass is 35.5. The van der Waals surface area contributed by atoms with Gasteiger partial charge in [-0.05, 0) is 49.6 Å². The van der Waals surface area contributed by atoms with Gasteiger partial charge in [-0.1, -0.05) is 11.6 Å². The molecule has 20 heavy (non-hydrogen) atoms. The molecule has 4 heteroatoms. The number of halogens is 1. The summed E-state index contributed by atoms with van der Waals surface area (Å²) in [5.41, 5.74) is 2.13. The molecule has 1 heterocycles. The lowest BCUT2D eigenvalue weighted by atomic mass is 10.2. The number of ether oxygens (including phenoxy) is 1. The van der Waals surface area contributed by atoms with E-state index in [2.05, 4.69) is 5.32 Å². The fourth-order valence-electron chi connectivity index (χ4n) is 2.11. The third-order valence-corrected chi connectivity index (χ3v) is 3.72. The standard InChI is InChI=1S/C16H18ClNO2/c1-11-8-13(17)2-5-15(11)20-10-12-6-7-19-16(12)9-18-14-3-4-14/h2,5-8,14,18H,3-4,9-10H2,1H3. The quantitative estimate of drug-likeness (QED) is 0.871. The van der Waals surface area contributed by atoms with Crippen molar-refractivity contribution < 1.29 is 9.15 Å². The second-order valence-electron chi connectivity index (χ2n) is 5.22. The molecule has 1 aromatic carbocycles. The van der Waals surface area contributed by atoms with E-state index in [1.807, 2.05) is 31.2 Å². The first-order valence-electron chi connectivity index (χ1n) is 6.90. The van der Waals surface area contributed by atoms with Gasteiger partial charge < -0.3 is 14.5 Å². The van der Waals surface area contributed by atoms with E-state index in [9.17, 15) is 0 Å². The van der Waals surface area contributed by atoms with Crippen LogP contribution in [0.2, 0.25) is 5.02 Å². The van der Waals surface area contributed by atoms with Gasteiger partial charge in [0.1, 0.15) is 18.1 Å². The first-order chi connectivity index (χ1) is 9.72. The van der Waals surface area contributed by atoms with Gasteiger partial charge in [0, 0.05) is 16.6 Å². The van der Waals surface area contributed by atoms with Gasteiger partial charge in [-0.15, -0.1) is 0 Å². The van der Waals surface area contributed by atoms with Crippen LogP contribution >= 0.6 is 11.6 Å². The molecule has 1 aliphatic carbocycles. The highest BCUT2D eigenvalue weighted by Gasteiger charge is 2.21. The molecule has 1 N–H and O–H groups in total. The summed E-state index contributed by atoms with van der Waals surface area (Å²) in [6.07, 6.45) is 4.27. The Kier molecular flexibility index (Phi) is 3.99. The Labute approximate surface area is 123 Å². The average Bonchev–Trinajstić information content (AvgIpc) is 3.14. The van der Waals surface area contributed by atoms with Crippen molar-refractivity contribution in [2.75, 3.05) is 0 Å². The predicted octanol–water partition coefficient (Wildman–Crippen LogP) is 4.07. The summed E-state index contributed by atoms with van der Waals surface area (Å²) in [6, 6.07) is 8.29. The molecular weight excluding hydrogens is 274 g/mol. The number of furan rings is 1. The summed E-state index contributed by atoms with van der Waals surface area (Å²) < 4.78 is 11.4. The van der Waals surface area contributed by atoms with E-state index in [1.54, 1.807) is 6.26 Å². The molecule has 0 saturated heterocycles. The van der Waals surface area contributed by atoms with Gasteiger partial charge in [0.25, 0.3) is 0 Å². The van der Waals surface area contributed by atoms with E-state index >= 15 is 0 Å². The molecule has 3 nitrogen and oxygen atoms in total. The largest absolute Gasteiger partial charge is 0.489 e. The Morgan fingerprint density at radius 2 is 2.20 bits per heavy atom. The predicted molar refractivity (Wildman–Crippen MR) is 79.1 cm³/mol. The van der Waals surface area contributed by atoms with Crippen molar-refractivity contribution >= 4 is 11.6 Å². The Balaban J connectivity index is 1.61. The molecule has 1 aromatic heterocycles. The average molecular weight is 292 g/mol. The molecule has 2 aromatic rings. The van der Waals surface area contributed by atoms with Gasteiger partial charge in [-0.25, -0.2) is 0 Å². The third kappa shape index (κ3) is 3.35. The first-order valence-corrected chi connectivity index (χ1v) is 7.28. The van der Waals surface area contributed by atoms with E-state index in [-0.39, 0.29) is 0 Å². The number of nitrogens with one attached hydrogen (secondary N) is 1. The van der Waals surface area contributed by atoms with Crippen LogP contribution in [0.3, 0.4) is 0 Å². The number of benzene rings is 1. The van der Waals surface area contributed by atoms with Crippen LogP contribution in [-0.4, -0.2) is 6.04 Å². The summed E-state index contributed by atoms with van der Waals surface area (Å²) >= 11 is 5.94. The van der Waals surface area contributed by atoms with Crippen LogP contribution in [0.25, 0.3) is 0 Å². The SMILES string of the molecule is Cc1cc(Cl)ccc1OCc1ccoc1CNC1CC1. The lowest BCUT2D eigenvalue weighted by Gasteiger charge is -2.09. The molecule has 3 rings (SSSR count). The van der Waals surface area contributed by atoms with E-state index in [0.717, 1.165) is 34.2 Å². The molecular formula is C16H18ClNO2. The molecule has 0 spiro atoms. The topological polar surface area (TPSA) is 34.4 Å². The normalized spacial score (nSPS) is 14.5. The van der Waals surface area contributed by atoms with Crippen molar-refractivity contribution in [2.45, 2.75) is 39.0 Å². The summed E-state index contributed by atoms with van der Waals surface area (Å²) in [4.78, 5) is 0. The summed E-state index contributed by atoms with van der Waals surface area (Å²) in [5.74, 6) is 1.82. The summed E-state index contributed by atoms with van der Waals surface area (Å²) in [7, 11) is 0. The van der Waals surface area contributed by atoms with Gasteiger partial charge in [-0.2, -0.15) is 0 Å². The zero-order valence-corrected chi connectivity index (χ0v) is 12.2. The molecule has 1 fully saturated rings. The molecule has 0 radical (unpaired) electrons. The van der Waals surface area contributed by atoms with Crippen LogP contribution in [0.4, 0.5) is 0 Å². The maximum absolute atomic E-state index is 5.94. The fourth-order valence-corrected chi connectivity index (χ4v) is 2.33. The van der Waals surface area contributed by atoms with Gasteiger partial charge in [0.15, 0.2) is 0 Å². The molecule has 0 amide bonds. The van der Waals surface area contributed by atoms with Crippen molar-refractivity contribution in [2.24, 2.45) is 0 Å². The molecule has 0 atom stereocenters. The highest BCUT2D eigenvalue weighted by Crippen LogP contribution is 2.24. The molecule has 0 aliphatic heterocycles. The third-order valence-electron chi connectivity index (χ3n) is 3.49. The second kappa shape index (κ2) is 5.90. The lowest BCUT2D eigenvalue weighted by Crippen LogP contribution is -2.16. The van der Waals surface area contributed by atoms with E-state index < -0.39 is 0 Å². The Morgan fingerprint density at radius 1 is 1.35 bits per heavy atom. The van der Waals surface area contributed by atoms with E-state index in [1.165, 1.54) is 12.8 Å². The maximum atomic E-state index is 5.94. The zero-order chi connectivity index (χ0) is 13.9. The molecule has 1 aliphatic rings. The van der Waals surface area contributed by atoms with E-state index in [0.29, 0.717) is 12.6 Å². The lowest BCUT2D eigenvalue weighted by molar-refractivity contribution is 0.299. The minimum Gasteiger partial charge on any atom is -0.489 e. The van der Waals surface area contributed by atoms with Crippen LogP contribution in [0.15, 0.2) is 34.9 Å². The summed E-state index contributed by atoms with van der Waals surface area (Å²) in [5, 5.41) is 4.18. The maximum Gasteiger partial charge on any atom is 0.124 e. The van der Waals surface area contributed by atoms with Gasteiger partial charge in [0.2, 0.25) is 0 Å². The first kappa shape index (κ1) is 13.5. The fraction of sp³-hybridized carbons (Fsp3) is 0.375. The van der Waals surface area contributed by atoms with Gasteiger partial charge in [0.05, 0.1) is 12.8 Å². The molecule has 0 unspecified atom stereocenters. The van der Waals surface area contributed by atoms with E-state index in [4.69, 9.17) is 20.8 Å². The molecule has 1 saturated carbocycles. The zero-order valence-electron chi connectivity index (χ0n) is 11.5. The smallest absolute Gasteiger partial charge is 0.124 e. The summed E-state index contributed by atoms with van der Waals surface area (Å²) in [6.45, 7) is 3.28. The molecule has 0 bridgehead atoms. The minimum atomic E-state index is 0.515. The van der Waals surface area contributed by atoms with Crippen LogP contribution in [0, 0.1) is 6.92 Å². The van der Waals surface area contributed by atoms with Gasteiger partial charge >= 0.3 is 0 Å². The molecule has 106 valence electrons. The minimum absolute atomic E-state index is 0.515. The monoisotopic (exact) mass is 291 g/mol. The Morgan fingerprint density at radius 3 is 2.95 bits per heavy atom. The Bertz CT molecular complexity index is 590. The van der Waals surface area contributed by atoms with Crippen LogP contribution in [0.1, 0.15) is 29.7 Å². The second-order valence-corrected chi connectivity index (χ2v) is 5.66. The van der Waals surface area contributed by atoms with Crippen LogP contribution < -0.4 is 10.1 Å². The van der Waals surface area contributed by atoms with Crippen molar-refractivity contribution in [1.82, 2.24) is 5.32 Å². The number of hydrogen-bond acceptors (Lipinski definition) is 3.